The molecule has 1 aliphatic rings. The minimum Gasteiger partial charge on any atom is -0.309 e. The van der Waals surface area contributed by atoms with Crippen LogP contribution in [0.3, 0.4) is 0 Å². The lowest BCUT2D eigenvalue weighted by molar-refractivity contribution is 0.551. The fourth-order valence-corrected chi connectivity index (χ4v) is 9.22. The second-order valence-electron chi connectivity index (χ2n) is 15.9. The van der Waals surface area contributed by atoms with Crippen LogP contribution in [0.1, 0.15) is 43.0 Å². The first kappa shape index (κ1) is 34.5. The number of nitriles is 1. The van der Waals surface area contributed by atoms with E-state index in [-0.39, 0.29) is 0 Å². The first-order valence-corrected chi connectivity index (χ1v) is 19.8. The molecule has 2 unspecified atom stereocenters. The largest absolute Gasteiger partial charge is 0.309 e. The molecular weight excluding hydrogens is 693 g/mol. The fraction of sp³-hybridized carbons (Fsp3) is 0.132. The highest BCUT2D eigenvalue weighted by molar-refractivity contribution is 6.12. The van der Waals surface area contributed by atoms with Crippen LogP contribution in [0.15, 0.2) is 157 Å². The summed E-state index contributed by atoms with van der Waals surface area (Å²) >= 11 is 0. The number of pyridine rings is 1. The predicted molar refractivity (Wildman–Crippen MR) is 238 cm³/mol. The first-order valence-electron chi connectivity index (χ1n) is 19.8. The van der Waals surface area contributed by atoms with Gasteiger partial charge in [0.1, 0.15) is 0 Å². The highest BCUT2D eigenvalue weighted by Crippen LogP contribution is 2.42. The standard InChI is InChI=1S/C53H42N4/c1-32-16-20-40(35(4)25-32)38-18-22-49-44(29-38)41-11-6-8-13-47(41)56(49)51-21-17-37(31-54)28-46(51)53-52(15-10-24-55-53)57-48-14-9-7-12-42(48)45-30-39(19-23-50(45)57)43-27-34(3)33(2)26-36(43)5/h6-30,33-34H,1-5H3. The molecule has 0 radical (unpaired) electrons. The van der Waals surface area contributed by atoms with Gasteiger partial charge < -0.3 is 9.13 Å². The molecule has 0 aliphatic heterocycles. The fourth-order valence-electron chi connectivity index (χ4n) is 9.22. The van der Waals surface area contributed by atoms with Crippen molar-refractivity contribution in [3.05, 3.63) is 180 Å². The van der Waals surface area contributed by atoms with Crippen LogP contribution >= 0.6 is 0 Å². The molecule has 0 amide bonds. The molecule has 10 rings (SSSR count). The van der Waals surface area contributed by atoms with Gasteiger partial charge in [-0.05, 0) is 133 Å². The van der Waals surface area contributed by atoms with Crippen LogP contribution in [0.25, 0.3) is 82.9 Å². The number of para-hydroxylation sites is 2. The molecule has 2 atom stereocenters. The molecule has 0 bridgehead atoms. The Labute approximate surface area is 333 Å². The van der Waals surface area contributed by atoms with E-state index >= 15 is 0 Å². The van der Waals surface area contributed by atoms with E-state index in [0.29, 0.717) is 17.4 Å². The maximum Gasteiger partial charge on any atom is 0.0991 e. The lowest BCUT2D eigenvalue weighted by atomic mass is 9.82. The van der Waals surface area contributed by atoms with Crippen LogP contribution in [-0.2, 0) is 0 Å². The Balaban J connectivity index is 1.21. The van der Waals surface area contributed by atoms with Crippen molar-refractivity contribution in [2.45, 2.75) is 34.6 Å². The van der Waals surface area contributed by atoms with Crippen LogP contribution in [0.5, 0.6) is 0 Å². The van der Waals surface area contributed by atoms with Crippen molar-refractivity contribution in [2.75, 3.05) is 0 Å². The van der Waals surface area contributed by atoms with E-state index in [4.69, 9.17) is 4.98 Å². The number of aryl methyl sites for hydroxylation is 2. The average Bonchev–Trinajstić information content (AvgIpc) is 3.74. The number of fused-ring (bicyclic) bond motifs is 6. The van der Waals surface area contributed by atoms with Crippen molar-refractivity contribution in [2.24, 2.45) is 11.8 Å². The normalized spacial score (nSPS) is 15.6. The summed E-state index contributed by atoms with van der Waals surface area (Å²) in [6, 6.07) is 50.3. The molecule has 3 aromatic heterocycles. The van der Waals surface area contributed by atoms with Crippen LogP contribution in [0.2, 0.25) is 0 Å². The third-order valence-electron chi connectivity index (χ3n) is 12.2. The molecule has 4 nitrogen and oxygen atoms in total. The van der Waals surface area contributed by atoms with E-state index in [1.54, 1.807) is 0 Å². The van der Waals surface area contributed by atoms with Gasteiger partial charge in [0.05, 0.1) is 50.8 Å². The SMILES string of the molecule is CC1=CC(C)C(C)C=C1c1ccc2c(c1)c1ccccc1n2-c1cccnc1-c1cc(C#N)ccc1-n1c2ccccc2c2cc(-c3ccc(C)cc3C)ccc21. The Morgan fingerprint density at radius 3 is 1.88 bits per heavy atom. The highest BCUT2D eigenvalue weighted by atomic mass is 15.0. The number of nitrogens with zero attached hydrogens (tertiary/aromatic N) is 4. The van der Waals surface area contributed by atoms with Crippen LogP contribution in [-0.4, -0.2) is 14.1 Å². The topological polar surface area (TPSA) is 46.5 Å². The van der Waals surface area contributed by atoms with Crippen molar-refractivity contribution in [1.82, 2.24) is 14.1 Å². The smallest absolute Gasteiger partial charge is 0.0991 e. The molecule has 274 valence electrons. The van der Waals surface area contributed by atoms with Gasteiger partial charge in [-0.2, -0.15) is 5.26 Å². The number of hydrogen-bond acceptors (Lipinski definition) is 2. The molecule has 4 heteroatoms. The van der Waals surface area contributed by atoms with E-state index in [0.717, 1.165) is 44.7 Å². The van der Waals surface area contributed by atoms with Gasteiger partial charge in [0, 0.05) is 33.3 Å². The Morgan fingerprint density at radius 2 is 1.18 bits per heavy atom. The lowest BCUT2D eigenvalue weighted by Gasteiger charge is -2.23. The van der Waals surface area contributed by atoms with Crippen molar-refractivity contribution >= 4 is 49.2 Å². The quantitative estimate of drug-likeness (QED) is 0.177. The van der Waals surface area contributed by atoms with Crippen molar-refractivity contribution in [1.29, 1.82) is 5.26 Å². The molecule has 57 heavy (non-hydrogen) atoms. The molecule has 0 fully saturated rings. The zero-order chi connectivity index (χ0) is 38.9. The maximum absolute atomic E-state index is 10.3. The van der Waals surface area contributed by atoms with Gasteiger partial charge in [-0.15, -0.1) is 0 Å². The van der Waals surface area contributed by atoms with Gasteiger partial charge in [-0.1, -0.05) is 98.3 Å². The number of hydrogen-bond donors (Lipinski definition) is 0. The van der Waals surface area contributed by atoms with Crippen LogP contribution < -0.4 is 0 Å². The molecule has 0 saturated carbocycles. The molecule has 0 saturated heterocycles. The summed E-state index contributed by atoms with van der Waals surface area (Å²) in [5.74, 6) is 1.00. The van der Waals surface area contributed by atoms with Crippen molar-refractivity contribution < 1.29 is 0 Å². The molecule has 0 spiro atoms. The van der Waals surface area contributed by atoms with Crippen molar-refractivity contribution in [3.8, 4) is 39.8 Å². The third kappa shape index (κ3) is 5.53. The second kappa shape index (κ2) is 13.4. The summed E-state index contributed by atoms with van der Waals surface area (Å²) in [6.45, 7) is 11.2. The summed E-state index contributed by atoms with van der Waals surface area (Å²) in [4.78, 5) is 5.15. The number of benzene rings is 6. The molecular formula is C53H42N4. The zero-order valence-corrected chi connectivity index (χ0v) is 32.9. The Hall–Kier alpha value is -6.96. The van der Waals surface area contributed by atoms with Gasteiger partial charge in [-0.25, -0.2) is 0 Å². The molecule has 9 aromatic rings. The number of rotatable bonds is 5. The predicted octanol–water partition coefficient (Wildman–Crippen LogP) is 13.7. The minimum atomic E-state index is 0.478. The van der Waals surface area contributed by atoms with E-state index in [1.165, 1.54) is 60.5 Å². The summed E-state index contributed by atoms with van der Waals surface area (Å²) in [7, 11) is 0. The Kier molecular flexibility index (Phi) is 8.09. The average molecular weight is 735 g/mol. The Morgan fingerprint density at radius 1 is 0.544 bits per heavy atom. The van der Waals surface area contributed by atoms with Gasteiger partial charge >= 0.3 is 0 Å². The van der Waals surface area contributed by atoms with E-state index in [9.17, 15) is 5.26 Å². The zero-order valence-electron chi connectivity index (χ0n) is 32.9. The van der Waals surface area contributed by atoms with E-state index in [2.05, 4.69) is 177 Å². The maximum atomic E-state index is 10.3. The molecule has 3 heterocycles. The third-order valence-corrected chi connectivity index (χ3v) is 12.2. The summed E-state index contributed by atoms with van der Waals surface area (Å²) in [5, 5.41) is 15.0. The van der Waals surface area contributed by atoms with Gasteiger partial charge in [0.2, 0.25) is 0 Å². The number of allylic oxidation sites excluding steroid dienone is 4. The monoisotopic (exact) mass is 734 g/mol. The summed E-state index contributed by atoms with van der Waals surface area (Å²) in [5.41, 5.74) is 17.5. The first-order chi connectivity index (χ1) is 27.8. The van der Waals surface area contributed by atoms with E-state index < -0.39 is 0 Å². The van der Waals surface area contributed by atoms with E-state index in [1.807, 2.05) is 24.4 Å². The molecule has 1 aliphatic carbocycles. The molecule has 6 aromatic carbocycles. The summed E-state index contributed by atoms with van der Waals surface area (Å²) in [6.07, 6.45) is 6.70. The van der Waals surface area contributed by atoms with Crippen LogP contribution in [0.4, 0.5) is 0 Å². The Bertz CT molecular complexity index is 3210. The minimum absolute atomic E-state index is 0.478. The highest BCUT2D eigenvalue weighted by Gasteiger charge is 2.23. The van der Waals surface area contributed by atoms with Gasteiger partial charge in [-0.3, -0.25) is 4.98 Å². The number of aromatic nitrogens is 3. The van der Waals surface area contributed by atoms with Crippen molar-refractivity contribution in [3.63, 3.8) is 0 Å². The van der Waals surface area contributed by atoms with Crippen LogP contribution in [0, 0.1) is 37.0 Å². The van der Waals surface area contributed by atoms with Gasteiger partial charge in [0.25, 0.3) is 0 Å². The second-order valence-corrected chi connectivity index (χ2v) is 15.9. The van der Waals surface area contributed by atoms with Gasteiger partial charge in [0.15, 0.2) is 0 Å². The lowest BCUT2D eigenvalue weighted by Crippen LogP contribution is -2.09. The summed E-state index contributed by atoms with van der Waals surface area (Å²) < 4.78 is 4.70. The molecule has 0 N–H and O–H groups in total.